The number of halogens is 2. The van der Waals surface area contributed by atoms with Crippen LogP contribution in [-0.4, -0.2) is 23.7 Å². The first-order chi connectivity index (χ1) is 9.04. The van der Waals surface area contributed by atoms with Gasteiger partial charge in [0.25, 0.3) is 0 Å². The third-order valence-corrected chi connectivity index (χ3v) is 3.64. The van der Waals surface area contributed by atoms with Crippen LogP contribution in [0.4, 0.5) is 4.39 Å². The van der Waals surface area contributed by atoms with Crippen molar-refractivity contribution >= 4 is 27.9 Å². The molecule has 0 aromatic heterocycles. The molecule has 1 aromatic rings. The topological polar surface area (TPSA) is 49.3 Å². The number of aliphatic hydroxyl groups is 1. The fraction of sp³-hybridized carbons (Fsp3) is 0.357. The maximum Gasteiger partial charge on any atom is 0.244 e. The Morgan fingerprint density at radius 2 is 2.26 bits per heavy atom. The highest BCUT2D eigenvalue weighted by molar-refractivity contribution is 9.10. The van der Waals surface area contributed by atoms with Gasteiger partial charge in [-0.2, -0.15) is 0 Å². The number of carbonyl (C=O) groups excluding carboxylic acids is 1. The molecule has 1 aliphatic carbocycles. The van der Waals surface area contributed by atoms with E-state index in [-0.39, 0.29) is 17.8 Å². The summed E-state index contributed by atoms with van der Waals surface area (Å²) < 4.78 is 14.2. The van der Waals surface area contributed by atoms with E-state index in [4.69, 9.17) is 5.11 Å². The molecular formula is C14H15BrFNO2. The van der Waals surface area contributed by atoms with Gasteiger partial charge in [0.2, 0.25) is 5.91 Å². The minimum Gasteiger partial charge on any atom is -0.393 e. The van der Waals surface area contributed by atoms with E-state index < -0.39 is 0 Å². The van der Waals surface area contributed by atoms with Crippen molar-refractivity contribution in [1.82, 2.24) is 5.32 Å². The number of amides is 1. The molecule has 1 fully saturated rings. The van der Waals surface area contributed by atoms with Gasteiger partial charge in [0.1, 0.15) is 5.82 Å². The minimum atomic E-state index is -0.366. The molecule has 2 rings (SSSR count). The van der Waals surface area contributed by atoms with Gasteiger partial charge in [0, 0.05) is 22.7 Å². The number of nitrogens with one attached hydrogen (secondary N) is 1. The van der Waals surface area contributed by atoms with Crippen LogP contribution >= 0.6 is 15.9 Å². The standard InChI is InChI=1S/C14H15BrFNO2/c15-11-2-3-13(16)10(7-11)1-4-14(19)17-8-9-5-12(18)6-9/h1-4,7,9,12,18H,5-6,8H2,(H,17,19). The molecule has 0 unspecified atom stereocenters. The number of hydrogen-bond donors (Lipinski definition) is 2. The molecule has 0 bridgehead atoms. The largest absolute Gasteiger partial charge is 0.393 e. The Balaban J connectivity index is 1.84. The SMILES string of the molecule is O=C(C=Cc1cc(Br)ccc1F)NCC1CC(O)C1. The van der Waals surface area contributed by atoms with Gasteiger partial charge in [0.05, 0.1) is 6.10 Å². The van der Waals surface area contributed by atoms with Crippen molar-refractivity contribution in [1.29, 1.82) is 0 Å². The predicted octanol–water partition coefficient (Wildman–Crippen LogP) is 2.49. The highest BCUT2D eigenvalue weighted by Crippen LogP contribution is 2.26. The second kappa shape index (κ2) is 6.30. The van der Waals surface area contributed by atoms with E-state index in [1.807, 2.05) is 0 Å². The predicted molar refractivity (Wildman–Crippen MR) is 74.9 cm³/mol. The quantitative estimate of drug-likeness (QED) is 0.835. The van der Waals surface area contributed by atoms with Crippen molar-refractivity contribution in [3.63, 3.8) is 0 Å². The van der Waals surface area contributed by atoms with Crippen LogP contribution in [0.25, 0.3) is 6.08 Å². The van der Waals surface area contributed by atoms with Crippen LogP contribution in [0.15, 0.2) is 28.7 Å². The van der Waals surface area contributed by atoms with Crippen LogP contribution < -0.4 is 5.32 Å². The monoisotopic (exact) mass is 327 g/mol. The zero-order valence-corrected chi connectivity index (χ0v) is 11.9. The number of hydrogen-bond acceptors (Lipinski definition) is 2. The number of rotatable bonds is 4. The lowest BCUT2D eigenvalue weighted by Crippen LogP contribution is -2.37. The molecule has 0 atom stereocenters. The molecule has 0 heterocycles. The fourth-order valence-corrected chi connectivity index (χ4v) is 2.36. The summed E-state index contributed by atoms with van der Waals surface area (Å²) in [6.07, 6.45) is 4.03. The molecule has 3 nitrogen and oxygen atoms in total. The zero-order chi connectivity index (χ0) is 13.8. The molecular weight excluding hydrogens is 313 g/mol. The van der Waals surface area contributed by atoms with Crippen LogP contribution in [-0.2, 0) is 4.79 Å². The fourth-order valence-electron chi connectivity index (χ4n) is 1.98. The second-order valence-electron chi connectivity index (χ2n) is 4.74. The molecule has 1 aromatic carbocycles. The van der Waals surface area contributed by atoms with Gasteiger partial charge in [-0.25, -0.2) is 4.39 Å². The Morgan fingerprint density at radius 1 is 1.53 bits per heavy atom. The van der Waals surface area contributed by atoms with E-state index in [1.54, 1.807) is 12.1 Å². The summed E-state index contributed by atoms with van der Waals surface area (Å²) in [5.74, 6) is -0.259. The van der Waals surface area contributed by atoms with Gasteiger partial charge in [0.15, 0.2) is 0 Å². The third kappa shape index (κ3) is 4.14. The van der Waals surface area contributed by atoms with Crippen LogP contribution in [0, 0.1) is 11.7 Å². The van der Waals surface area contributed by atoms with Crippen LogP contribution in [0.5, 0.6) is 0 Å². The smallest absolute Gasteiger partial charge is 0.244 e. The number of aliphatic hydroxyl groups excluding tert-OH is 1. The highest BCUT2D eigenvalue weighted by atomic mass is 79.9. The number of carbonyl (C=O) groups is 1. The van der Waals surface area contributed by atoms with Crippen molar-refractivity contribution in [3.8, 4) is 0 Å². The van der Waals surface area contributed by atoms with E-state index in [1.165, 1.54) is 18.2 Å². The van der Waals surface area contributed by atoms with Gasteiger partial charge >= 0.3 is 0 Å². The highest BCUT2D eigenvalue weighted by Gasteiger charge is 2.26. The summed E-state index contributed by atoms with van der Waals surface area (Å²) in [6.45, 7) is 0.557. The molecule has 0 spiro atoms. The van der Waals surface area contributed by atoms with Crippen LogP contribution in [0.3, 0.4) is 0 Å². The van der Waals surface area contributed by atoms with Crippen LogP contribution in [0.1, 0.15) is 18.4 Å². The molecule has 1 saturated carbocycles. The Labute approximate surface area is 119 Å². The van der Waals surface area contributed by atoms with E-state index in [0.717, 1.165) is 17.3 Å². The maximum absolute atomic E-state index is 13.4. The van der Waals surface area contributed by atoms with Gasteiger partial charge in [-0.1, -0.05) is 15.9 Å². The van der Waals surface area contributed by atoms with Crippen molar-refractivity contribution in [2.45, 2.75) is 18.9 Å². The van der Waals surface area contributed by atoms with E-state index in [9.17, 15) is 9.18 Å². The van der Waals surface area contributed by atoms with Crippen molar-refractivity contribution in [2.75, 3.05) is 6.54 Å². The van der Waals surface area contributed by atoms with Gasteiger partial charge < -0.3 is 10.4 Å². The normalized spacial score (nSPS) is 22.3. The van der Waals surface area contributed by atoms with Crippen molar-refractivity contribution < 1.29 is 14.3 Å². The Bertz CT molecular complexity index is 498. The first kappa shape index (κ1) is 14.2. The summed E-state index contributed by atoms with van der Waals surface area (Å²) in [7, 11) is 0. The molecule has 19 heavy (non-hydrogen) atoms. The third-order valence-electron chi connectivity index (χ3n) is 3.15. The summed E-state index contributed by atoms with van der Waals surface area (Å²) in [5.41, 5.74) is 0.364. The lowest BCUT2D eigenvalue weighted by atomic mass is 9.82. The Morgan fingerprint density at radius 3 is 2.95 bits per heavy atom. The zero-order valence-electron chi connectivity index (χ0n) is 10.3. The number of benzene rings is 1. The minimum absolute atomic E-state index is 0.215. The van der Waals surface area contributed by atoms with Crippen molar-refractivity contribution in [2.24, 2.45) is 5.92 Å². The Hall–Kier alpha value is -1.20. The molecule has 1 amide bonds. The molecule has 5 heteroatoms. The van der Waals surface area contributed by atoms with E-state index in [2.05, 4.69) is 21.2 Å². The molecule has 0 saturated heterocycles. The lowest BCUT2D eigenvalue weighted by Gasteiger charge is -2.31. The second-order valence-corrected chi connectivity index (χ2v) is 5.65. The van der Waals surface area contributed by atoms with E-state index >= 15 is 0 Å². The van der Waals surface area contributed by atoms with Gasteiger partial charge in [-0.05, 0) is 43.0 Å². The first-order valence-electron chi connectivity index (χ1n) is 6.13. The summed E-state index contributed by atoms with van der Waals surface area (Å²) in [5, 5.41) is 11.9. The summed E-state index contributed by atoms with van der Waals surface area (Å²) in [4.78, 5) is 11.5. The molecule has 2 N–H and O–H groups in total. The Kier molecular flexibility index (Phi) is 4.71. The molecule has 102 valence electrons. The average molecular weight is 328 g/mol. The molecule has 0 aliphatic heterocycles. The van der Waals surface area contributed by atoms with Gasteiger partial charge in [-0.3, -0.25) is 4.79 Å². The molecule has 0 radical (unpaired) electrons. The lowest BCUT2D eigenvalue weighted by molar-refractivity contribution is -0.117. The van der Waals surface area contributed by atoms with E-state index in [0.29, 0.717) is 18.0 Å². The first-order valence-corrected chi connectivity index (χ1v) is 6.93. The molecule has 1 aliphatic rings. The maximum atomic E-state index is 13.4. The van der Waals surface area contributed by atoms with Crippen LogP contribution in [0.2, 0.25) is 0 Å². The summed E-state index contributed by atoms with van der Waals surface area (Å²) in [6, 6.07) is 4.56. The average Bonchev–Trinajstić information content (AvgIpc) is 2.34. The summed E-state index contributed by atoms with van der Waals surface area (Å²) >= 11 is 3.25. The van der Waals surface area contributed by atoms with Gasteiger partial charge in [-0.15, -0.1) is 0 Å². The van der Waals surface area contributed by atoms with Crippen molar-refractivity contribution in [3.05, 3.63) is 40.1 Å².